The van der Waals surface area contributed by atoms with Gasteiger partial charge in [-0.25, -0.2) is 4.39 Å². The van der Waals surface area contributed by atoms with Gasteiger partial charge in [0.1, 0.15) is 18.2 Å². The zero-order valence-corrected chi connectivity index (χ0v) is 15.9. The van der Waals surface area contributed by atoms with Crippen molar-refractivity contribution in [3.63, 3.8) is 0 Å². The van der Waals surface area contributed by atoms with Crippen LogP contribution in [-0.2, 0) is 13.2 Å². The molecule has 0 saturated heterocycles. The minimum absolute atomic E-state index is 0.273. The third-order valence-electron chi connectivity index (χ3n) is 3.72. The van der Waals surface area contributed by atoms with E-state index in [2.05, 4.69) is 5.32 Å². The van der Waals surface area contributed by atoms with Gasteiger partial charge in [0.25, 0.3) is 0 Å². The average Bonchev–Trinajstić information content (AvgIpc) is 2.63. The molecule has 0 saturated carbocycles. The first-order valence-corrected chi connectivity index (χ1v) is 8.99. The zero-order chi connectivity index (χ0) is 18.5. The van der Waals surface area contributed by atoms with E-state index in [0.717, 1.165) is 16.8 Å². The Bertz CT molecular complexity index is 900. The maximum Gasteiger partial charge on any atom is 0.138 e. The Morgan fingerprint density at radius 1 is 0.769 bits per heavy atom. The molecular formula is C20H15Cl3FNO. The summed E-state index contributed by atoms with van der Waals surface area (Å²) in [6.45, 7) is 0.900. The molecule has 0 atom stereocenters. The molecule has 1 N–H and O–H groups in total. The Labute approximate surface area is 166 Å². The minimum Gasteiger partial charge on any atom is -0.487 e. The molecule has 2 nitrogen and oxygen atoms in total. The smallest absolute Gasteiger partial charge is 0.138 e. The highest BCUT2D eigenvalue weighted by Crippen LogP contribution is 2.28. The fraction of sp³-hybridized carbons (Fsp3) is 0.100. The summed E-state index contributed by atoms with van der Waals surface area (Å²) in [5, 5.41) is 4.79. The number of benzene rings is 3. The summed E-state index contributed by atoms with van der Waals surface area (Å²) in [5.41, 5.74) is 2.73. The Morgan fingerprint density at radius 2 is 1.50 bits per heavy atom. The number of anilines is 1. The van der Waals surface area contributed by atoms with Crippen molar-refractivity contribution in [1.82, 2.24) is 0 Å². The van der Waals surface area contributed by atoms with Crippen LogP contribution in [0, 0.1) is 5.82 Å². The first-order chi connectivity index (χ1) is 12.5. The molecule has 0 spiro atoms. The van der Waals surface area contributed by atoms with E-state index in [4.69, 9.17) is 39.5 Å². The SMILES string of the molecule is Fc1ccc(COc2ccc(CNc3ccc(Cl)c(Cl)c3)cc2Cl)cc1. The van der Waals surface area contributed by atoms with E-state index < -0.39 is 0 Å². The van der Waals surface area contributed by atoms with Crippen LogP contribution >= 0.6 is 34.8 Å². The van der Waals surface area contributed by atoms with Crippen molar-refractivity contribution in [3.8, 4) is 5.75 Å². The predicted octanol–water partition coefficient (Wildman–Crippen LogP) is 6.98. The molecule has 134 valence electrons. The van der Waals surface area contributed by atoms with Gasteiger partial charge >= 0.3 is 0 Å². The van der Waals surface area contributed by atoms with Crippen molar-refractivity contribution in [3.05, 3.63) is 92.7 Å². The minimum atomic E-state index is -0.273. The van der Waals surface area contributed by atoms with Crippen molar-refractivity contribution >= 4 is 40.5 Å². The summed E-state index contributed by atoms with van der Waals surface area (Å²) >= 11 is 18.2. The topological polar surface area (TPSA) is 21.3 Å². The Hall–Kier alpha value is -1.94. The first kappa shape index (κ1) is 18.8. The average molecular weight is 411 g/mol. The summed E-state index contributed by atoms with van der Waals surface area (Å²) in [6.07, 6.45) is 0. The first-order valence-electron chi connectivity index (χ1n) is 7.86. The van der Waals surface area contributed by atoms with Gasteiger partial charge in [-0.15, -0.1) is 0 Å². The fourth-order valence-electron chi connectivity index (χ4n) is 2.32. The van der Waals surface area contributed by atoms with Gasteiger partial charge in [-0.1, -0.05) is 53.0 Å². The van der Waals surface area contributed by atoms with E-state index in [0.29, 0.717) is 34.0 Å². The number of nitrogens with one attached hydrogen (secondary N) is 1. The van der Waals surface area contributed by atoms with Crippen LogP contribution in [0.3, 0.4) is 0 Å². The highest BCUT2D eigenvalue weighted by atomic mass is 35.5. The highest BCUT2D eigenvalue weighted by molar-refractivity contribution is 6.42. The predicted molar refractivity (Wildman–Crippen MR) is 106 cm³/mol. The van der Waals surface area contributed by atoms with Crippen LogP contribution in [0.15, 0.2) is 60.7 Å². The fourth-order valence-corrected chi connectivity index (χ4v) is 2.88. The van der Waals surface area contributed by atoms with Gasteiger partial charge in [-0.3, -0.25) is 0 Å². The second kappa shape index (κ2) is 8.63. The van der Waals surface area contributed by atoms with Crippen molar-refractivity contribution in [1.29, 1.82) is 0 Å². The summed E-state index contributed by atoms with van der Waals surface area (Å²) in [5.74, 6) is 0.305. The molecule has 0 aliphatic rings. The van der Waals surface area contributed by atoms with E-state index >= 15 is 0 Å². The second-order valence-corrected chi connectivity index (χ2v) is 6.88. The normalized spacial score (nSPS) is 10.6. The van der Waals surface area contributed by atoms with Gasteiger partial charge in [-0.2, -0.15) is 0 Å². The molecular weight excluding hydrogens is 396 g/mol. The van der Waals surface area contributed by atoms with E-state index in [1.54, 1.807) is 24.3 Å². The van der Waals surface area contributed by atoms with Crippen LogP contribution in [0.2, 0.25) is 15.1 Å². The number of ether oxygens (including phenoxy) is 1. The molecule has 3 rings (SSSR count). The molecule has 3 aromatic carbocycles. The third-order valence-corrected chi connectivity index (χ3v) is 4.75. The van der Waals surface area contributed by atoms with Crippen molar-refractivity contribution in [2.24, 2.45) is 0 Å². The lowest BCUT2D eigenvalue weighted by Gasteiger charge is -2.11. The molecule has 0 aliphatic heterocycles. The maximum atomic E-state index is 12.9. The number of rotatable bonds is 6. The number of hydrogen-bond donors (Lipinski definition) is 1. The van der Waals surface area contributed by atoms with E-state index in [9.17, 15) is 4.39 Å². The molecule has 0 aliphatic carbocycles. The molecule has 6 heteroatoms. The molecule has 0 radical (unpaired) electrons. The lowest BCUT2D eigenvalue weighted by atomic mass is 10.2. The molecule has 26 heavy (non-hydrogen) atoms. The Kier molecular flexibility index (Phi) is 6.25. The Balaban J connectivity index is 1.59. The summed E-state index contributed by atoms with van der Waals surface area (Å²) in [6, 6.07) is 17.1. The van der Waals surface area contributed by atoms with Crippen LogP contribution in [-0.4, -0.2) is 0 Å². The lowest BCUT2D eigenvalue weighted by Crippen LogP contribution is -2.00. The maximum absolute atomic E-state index is 12.9. The summed E-state index contributed by atoms with van der Waals surface area (Å²) < 4.78 is 18.6. The van der Waals surface area contributed by atoms with Gasteiger partial charge in [0, 0.05) is 12.2 Å². The quantitative estimate of drug-likeness (QED) is 0.473. The zero-order valence-electron chi connectivity index (χ0n) is 13.6. The van der Waals surface area contributed by atoms with Crippen LogP contribution in [0.4, 0.5) is 10.1 Å². The summed E-state index contributed by atoms with van der Waals surface area (Å²) in [7, 11) is 0. The lowest BCUT2D eigenvalue weighted by molar-refractivity contribution is 0.306. The van der Waals surface area contributed by atoms with Crippen molar-refractivity contribution < 1.29 is 9.13 Å². The molecule has 0 heterocycles. The molecule has 3 aromatic rings. The molecule has 0 aromatic heterocycles. The summed E-state index contributed by atoms with van der Waals surface area (Å²) in [4.78, 5) is 0. The van der Waals surface area contributed by atoms with Gasteiger partial charge in [-0.05, 0) is 53.6 Å². The van der Waals surface area contributed by atoms with Crippen LogP contribution in [0.1, 0.15) is 11.1 Å². The Morgan fingerprint density at radius 3 is 2.19 bits per heavy atom. The number of halogens is 4. The highest BCUT2D eigenvalue weighted by Gasteiger charge is 2.05. The second-order valence-electron chi connectivity index (χ2n) is 5.66. The van der Waals surface area contributed by atoms with Gasteiger partial charge in [0.05, 0.1) is 15.1 Å². The van der Waals surface area contributed by atoms with Gasteiger partial charge < -0.3 is 10.1 Å². The van der Waals surface area contributed by atoms with Crippen LogP contribution < -0.4 is 10.1 Å². The van der Waals surface area contributed by atoms with E-state index in [1.165, 1.54) is 12.1 Å². The van der Waals surface area contributed by atoms with Crippen LogP contribution in [0.25, 0.3) is 0 Å². The van der Waals surface area contributed by atoms with Gasteiger partial charge in [0.15, 0.2) is 0 Å². The standard InChI is InChI=1S/C20H15Cl3FNO/c21-17-7-6-16(10-18(17)22)25-11-14-3-8-20(19(23)9-14)26-12-13-1-4-15(24)5-2-13/h1-10,25H,11-12H2. The van der Waals surface area contributed by atoms with Gasteiger partial charge in [0.2, 0.25) is 0 Å². The monoisotopic (exact) mass is 409 g/mol. The largest absolute Gasteiger partial charge is 0.487 e. The van der Waals surface area contributed by atoms with Crippen molar-refractivity contribution in [2.75, 3.05) is 5.32 Å². The molecule has 0 amide bonds. The molecule has 0 unspecified atom stereocenters. The van der Waals surface area contributed by atoms with E-state index in [-0.39, 0.29) is 5.82 Å². The van der Waals surface area contributed by atoms with Crippen molar-refractivity contribution in [2.45, 2.75) is 13.2 Å². The number of hydrogen-bond acceptors (Lipinski definition) is 2. The molecule has 0 fully saturated rings. The third kappa shape index (κ3) is 5.04. The van der Waals surface area contributed by atoms with Crippen LogP contribution in [0.5, 0.6) is 5.75 Å². The van der Waals surface area contributed by atoms with E-state index in [1.807, 2.05) is 24.3 Å². The molecule has 0 bridgehead atoms.